The number of piperidine rings is 4. The van der Waals surface area contributed by atoms with E-state index in [4.69, 9.17) is 40.0 Å². The van der Waals surface area contributed by atoms with E-state index in [1.165, 1.54) is 39.8 Å². The zero-order valence-corrected chi connectivity index (χ0v) is 76.9. The highest BCUT2D eigenvalue weighted by Gasteiger charge is 2.52. The molecule has 0 unspecified atom stereocenters. The third kappa shape index (κ3) is 17.7. The van der Waals surface area contributed by atoms with Crippen molar-refractivity contribution in [1.29, 1.82) is 5.26 Å². The van der Waals surface area contributed by atoms with E-state index in [1.54, 1.807) is 65.4 Å². The fourth-order valence-electron chi connectivity index (χ4n) is 19.5. The monoisotopic (exact) mass is 1900 g/mol. The summed E-state index contributed by atoms with van der Waals surface area (Å²) < 4.78 is 179. The molecule has 12 heterocycles. The van der Waals surface area contributed by atoms with Gasteiger partial charge in [-0.25, -0.2) is 12.8 Å². The second-order valence-corrected chi connectivity index (χ2v) is 38.1. The number of halogens is 9. The maximum absolute atomic E-state index is 14.1. The van der Waals surface area contributed by atoms with Gasteiger partial charge in [0.2, 0.25) is 9.84 Å². The van der Waals surface area contributed by atoms with Gasteiger partial charge in [-0.2, -0.15) is 41.1 Å². The molecule has 8 aromatic carbocycles. The normalized spacial score (nSPS) is 16.5. The lowest BCUT2D eigenvalue weighted by Crippen LogP contribution is -2.50. The van der Waals surface area contributed by atoms with Crippen LogP contribution in [-0.4, -0.2) is 158 Å². The highest BCUT2D eigenvalue weighted by Crippen LogP contribution is 2.54. The van der Waals surface area contributed by atoms with Crippen molar-refractivity contribution in [3.05, 3.63) is 297 Å². The van der Waals surface area contributed by atoms with Crippen molar-refractivity contribution in [1.82, 2.24) is 43.1 Å². The van der Waals surface area contributed by atoms with Crippen LogP contribution in [0.3, 0.4) is 0 Å². The van der Waals surface area contributed by atoms with Crippen molar-refractivity contribution in [2.24, 2.45) is 0 Å². The molecule has 0 bridgehead atoms. The second-order valence-electron chi connectivity index (χ2n) is 35.7. The van der Waals surface area contributed by atoms with Crippen LogP contribution in [0.25, 0.3) is 28.3 Å². The molecule has 8 aliphatic heterocycles. The van der Waals surface area contributed by atoms with E-state index in [2.05, 4.69) is 53.5 Å². The standard InChI is InChI=1S/C27H29ClN2O3.C27H27F3N2O4.C24H22F3N3O3.C24H19F2N3O4S/c1-26(2,3)20-9-7-18(16-22(20)32-4)25(31)29-14-11-27(12-15-29)24-6-5-13-30(24)21-10-8-19(28)17-23(21)33-27;1-17(2)35-21-8-7-18(15-19(21)16-33)25(34)31-13-11-26(12-14-31)23-9-10-24(27(28,29)30)32(23)20-5-3-4-6-22(20)36-26;1-2-30-20-15-6-3-4-9-19(15)33-24(17(20)14-28-30)10-12-29(13-11-24)22(31)16-7-5-8-18(25)21(16)32-23(26)27;25-23(26)34(31,32)18-8-5-16(6-9-18)22(30)28-13-11-24(12-14-28)21-10-7-17(15-27)29(21)19-3-1-2-4-20(19)33-24/h5-10,13,16-17H,11-12,14-15H2,1-4H3;3-10,15,17,33H,11-14,16H2,1-2H3;3-9,14,23H,2,10-13H2,1H3;1-10,23H,11-14H2. The lowest BCUT2D eigenvalue weighted by molar-refractivity contribution is -0.143. The van der Waals surface area contributed by atoms with Crippen molar-refractivity contribution >= 4 is 45.1 Å². The number of rotatable bonds is 13. The van der Waals surface area contributed by atoms with Crippen LogP contribution in [0.1, 0.15) is 180 Å². The summed E-state index contributed by atoms with van der Waals surface area (Å²) in [6.07, 6.45) is 3.35. The number of nitriles is 1. The molecule has 0 radical (unpaired) electrons. The van der Waals surface area contributed by atoms with Crippen LogP contribution in [0, 0.1) is 17.1 Å². The van der Waals surface area contributed by atoms with Crippen LogP contribution in [0.5, 0.6) is 40.2 Å². The van der Waals surface area contributed by atoms with Gasteiger partial charge in [-0.15, -0.1) is 0 Å². The first-order valence-corrected chi connectivity index (χ1v) is 46.6. The molecule has 1 N–H and O–H groups in total. The molecule has 24 nitrogen and oxygen atoms in total. The van der Waals surface area contributed by atoms with Crippen molar-refractivity contribution in [3.63, 3.8) is 0 Å². The number of aliphatic hydroxyl groups excluding tert-OH is 1. The van der Waals surface area contributed by atoms with Gasteiger partial charge in [0, 0.05) is 161 Å². The van der Waals surface area contributed by atoms with Gasteiger partial charge in [-0.1, -0.05) is 80.9 Å². The molecule has 4 amide bonds. The highest BCUT2D eigenvalue weighted by molar-refractivity contribution is 7.91. The number of likely N-dealkylation sites (tertiary alicyclic amines) is 4. The van der Waals surface area contributed by atoms with Crippen LogP contribution in [0.15, 0.2) is 224 Å². The fourth-order valence-corrected chi connectivity index (χ4v) is 20.4. The molecule has 12 aromatic rings. The Hall–Kier alpha value is -13.6. The lowest BCUT2D eigenvalue weighted by atomic mass is 9.81. The second kappa shape index (κ2) is 37.2. The van der Waals surface area contributed by atoms with E-state index in [1.807, 2.05) is 138 Å². The Bertz CT molecular complexity index is 6730. The number of aryl methyl sites for hydroxylation is 1. The lowest BCUT2D eigenvalue weighted by Gasteiger charge is -2.45. The van der Waals surface area contributed by atoms with Gasteiger partial charge < -0.3 is 67.0 Å². The van der Waals surface area contributed by atoms with Crippen LogP contribution in [-0.2, 0) is 57.0 Å². The molecule has 4 fully saturated rings. The molecule has 34 heteroatoms. The summed E-state index contributed by atoms with van der Waals surface area (Å²) in [5.41, 5.74) is 7.12. The first-order chi connectivity index (χ1) is 65.0. The summed E-state index contributed by atoms with van der Waals surface area (Å²) in [5.74, 6) is -2.43. The van der Waals surface area contributed by atoms with Gasteiger partial charge in [0.05, 0.1) is 76.3 Å². The van der Waals surface area contributed by atoms with E-state index in [9.17, 15) is 73.1 Å². The van der Waals surface area contributed by atoms with Crippen LogP contribution >= 0.6 is 11.6 Å². The first kappa shape index (κ1) is 94.2. The Morgan fingerprint density at radius 1 is 0.551 bits per heavy atom. The summed E-state index contributed by atoms with van der Waals surface area (Å²) in [6, 6.07) is 59.2. The Morgan fingerprint density at radius 3 is 1.64 bits per heavy atom. The SMILES string of the molecule is CC(C)Oc1ccc(C(=O)N2CCC3(CC2)Oc2ccccc2-n2c(C(F)(F)F)ccc23)cc1CO.CCn1ncc2c1-c1ccccc1OC21CCN(C(=O)c2cccc(F)c2OC(F)F)CC1.COc1cc(C(=O)N2CCC3(CC2)Oc2cc(Cl)ccc2-n2cccc23)ccc1C(C)(C)C.N#Cc1ccc2n1-c1ccccc1OC21CCN(C(=O)c2ccc(S(=O)(=O)C(F)F)cc2)CC1. The third-order valence-corrected chi connectivity index (χ3v) is 27.9. The molecular formula is C102H97ClF8N10O14S. The van der Waals surface area contributed by atoms with Gasteiger partial charge in [0.25, 0.3) is 23.6 Å². The van der Waals surface area contributed by atoms with Crippen LogP contribution in [0.2, 0.25) is 5.02 Å². The number of carbonyl (C=O) groups excluding carboxylic acids is 4. The van der Waals surface area contributed by atoms with Crippen molar-refractivity contribution in [3.8, 4) is 74.6 Å². The molecule has 136 heavy (non-hydrogen) atoms. The fraction of sp³-hybridized carbons (Fsp3) is 0.333. The number of alkyl halides is 7. The number of sulfone groups is 1. The maximum atomic E-state index is 14.1. The third-order valence-electron chi connectivity index (χ3n) is 26.3. The number of fused-ring (bicyclic) bond motifs is 16. The maximum Gasteiger partial charge on any atom is 0.431 e. The minimum atomic E-state index is -4.72. The number of benzene rings is 8. The van der Waals surface area contributed by atoms with Crippen molar-refractivity contribution in [2.45, 2.75) is 163 Å². The van der Waals surface area contributed by atoms with E-state index in [0.29, 0.717) is 166 Å². The number of hydrogen-bond acceptors (Lipinski definition) is 16. The number of amides is 4. The number of aliphatic hydroxyl groups is 1. The molecule has 20 rings (SSSR count). The van der Waals surface area contributed by atoms with Gasteiger partial charge in [-0.3, -0.25) is 28.4 Å². The quantitative estimate of drug-likeness (QED) is 0.105. The van der Waals surface area contributed by atoms with Crippen LogP contribution < -0.4 is 33.2 Å². The zero-order chi connectivity index (χ0) is 96.3. The van der Waals surface area contributed by atoms with Gasteiger partial charge in [-0.05, 0) is 183 Å². The summed E-state index contributed by atoms with van der Waals surface area (Å²) in [6.45, 7) is 12.6. The van der Waals surface area contributed by atoms with Gasteiger partial charge >= 0.3 is 18.5 Å². The number of methoxy groups -OCH3 is 1. The molecule has 0 aliphatic carbocycles. The molecule has 708 valence electrons. The summed E-state index contributed by atoms with van der Waals surface area (Å²) in [7, 11) is -3.06. The Balaban J connectivity index is 0.000000126. The number of hydrogen-bond donors (Lipinski definition) is 1. The molecular weight excluding hydrogens is 1810 g/mol. The Morgan fingerprint density at radius 2 is 1.07 bits per heavy atom. The number of aromatic nitrogens is 5. The average molecular weight is 1910 g/mol. The molecule has 4 spiro atoms. The van der Waals surface area contributed by atoms with E-state index in [-0.39, 0.29) is 47.0 Å². The predicted molar refractivity (Wildman–Crippen MR) is 488 cm³/mol. The summed E-state index contributed by atoms with van der Waals surface area (Å²) in [4.78, 5) is 58.9. The summed E-state index contributed by atoms with van der Waals surface area (Å²) in [5, 5.41) is 24.5. The number of carbonyl (C=O) groups is 4. The first-order valence-electron chi connectivity index (χ1n) is 44.7. The minimum absolute atomic E-state index is 0.0262. The average Bonchev–Trinajstić information content (AvgIpc) is 1.56. The molecule has 0 saturated carbocycles. The minimum Gasteiger partial charge on any atom is -0.496 e. The molecule has 4 aromatic heterocycles. The number of para-hydroxylation sites is 6. The van der Waals surface area contributed by atoms with Crippen molar-refractivity contribution in [2.75, 3.05) is 59.5 Å². The van der Waals surface area contributed by atoms with Crippen molar-refractivity contribution < 1.29 is 101 Å². The van der Waals surface area contributed by atoms with Gasteiger partial charge in [0.1, 0.15) is 57.6 Å². The number of ether oxygens (including phenoxy) is 7. The molecule has 0 atom stereocenters. The number of nitrogens with zero attached hydrogens (tertiary/aromatic N) is 10. The topological polar surface area (TPSA) is 257 Å². The van der Waals surface area contributed by atoms with E-state index >= 15 is 0 Å². The van der Waals surface area contributed by atoms with E-state index in [0.717, 1.165) is 86.7 Å². The predicted octanol–water partition coefficient (Wildman–Crippen LogP) is 20.0. The summed E-state index contributed by atoms with van der Waals surface area (Å²) >= 11 is 6.25. The highest BCUT2D eigenvalue weighted by atomic mass is 35.5. The Labute approximate surface area is 784 Å². The van der Waals surface area contributed by atoms with Gasteiger partial charge in [0.15, 0.2) is 28.4 Å². The molecule has 8 aliphatic rings. The van der Waals surface area contributed by atoms with E-state index < -0.39 is 78.9 Å². The molecule has 4 saturated heterocycles. The smallest absolute Gasteiger partial charge is 0.431 e. The van der Waals surface area contributed by atoms with Crippen LogP contribution in [0.4, 0.5) is 35.1 Å². The largest absolute Gasteiger partial charge is 0.496 e. The zero-order valence-electron chi connectivity index (χ0n) is 75.3. The Kier molecular flexibility index (Phi) is 25.8.